The van der Waals surface area contributed by atoms with Crippen molar-refractivity contribution in [3.63, 3.8) is 0 Å². The topological polar surface area (TPSA) is 35.5 Å². The van der Waals surface area contributed by atoms with Crippen LogP contribution in [0.1, 0.15) is 11.6 Å². The number of nitrogens with zero attached hydrogens (tertiary/aromatic N) is 1. The van der Waals surface area contributed by atoms with E-state index in [1.54, 1.807) is 0 Å². The average Bonchev–Trinajstić information content (AvgIpc) is 2.30. The lowest BCUT2D eigenvalue weighted by Crippen LogP contribution is -2.51. The van der Waals surface area contributed by atoms with E-state index in [9.17, 15) is 5.02 Å². The Labute approximate surface area is 91.2 Å². The standard InChI is InChI=1S/C11H17BN2O/c1-12(15)14-8-7-13-9-11(14)10-5-3-2-4-6-10/h2-6,11,13,15H,7-9H2,1H3/t11-/m0/s1. The molecule has 1 fully saturated rings. The summed E-state index contributed by atoms with van der Waals surface area (Å²) in [6, 6.07) is 10.6. The van der Waals surface area contributed by atoms with E-state index in [1.165, 1.54) is 5.56 Å². The molecular weight excluding hydrogens is 187 g/mol. The van der Waals surface area contributed by atoms with Gasteiger partial charge in [0.2, 0.25) is 0 Å². The van der Waals surface area contributed by atoms with Crippen molar-refractivity contribution in [1.82, 2.24) is 10.1 Å². The zero-order valence-electron chi connectivity index (χ0n) is 9.06. The number of rotatable bonds is 2. The van der Waals surface area contributed by atoms with Gasteiger partial charge in [0, 0.05) is 25.7 Å². The van der Waals surface area contributed by atoms with Crippen molar-refractivity contribution in [2.75, 3.05) is 19.6 Å². The lowest BCUT2D eigenvalue weighted by molar-refractivity contribution is 0.242. The minimum Gasteiger partial charge on any atom is -0.437 e. The third kappa shape index (κ3) is 2.40. The zero-order valence-corrected chi connectivity index (χ0v) is 9.06. The van der Waals surface area contributed by atoms with Crippen molar-refractivity contribution in [3.8, 4) is 0 Å². The third-order valence-corrected chi connectivity index (χ3v) is 2.95. The molecule has 2 rings (SSSR count). The Morgan fingerprint density at radius 3 is 2.80 bits per heavy atom. The van der Waals surface area contributed by atoms with Crippen LogP contribution in [0.2, 0.25) is 6.82 Å². The van der Waals surface area contributed by atoms with Crippen LogP contribution in [0.15, 0.2) is 30.3 Å². The van der Waals surface area contributed by atoms with E-state index in [4.69, 9.17) is 0 Å². The van der Waals surface area contributed by atoms with Gasteiger partial charge in [-0.15, -0.1) is 0 Å². The summed E-state index contributed by atoms with van der Waals surface area (Å²) in [5.41, 5.74) is 1.27. The van der Waals surface area contributed by atoms with Gasteiger partial charge in [0.15, 0.2) is 0 Å². The highest BCUT2D eigenvalue weighted by Crippen LogP contribution is 2.22. The Morgan fingerprint density at radius 1 is 1.40 bits per heavy atom. The van der Waals surface area contributed by atoms with Crippen molar-refractivity contribution < 1.29 is 5.02 Å². The van der Waals surface area contributed by atoms with Gasteiger partial charge in [0.05, 0.1) is 0 Å². The van der Waals surface area contributed by atoms with Gasteiger partial charge in [-0.1, -0.05) is 30.3 Å². The highest BCUT2D eigenvalue weighted by Gasteiger charge is 2.28. The minimum atomic E-state index is -0.377. The predicted octanol–water partition coefficient (Wildman–Crippen LogP) is 0.743. The van der Waals surface area contributed by atoms with E-state index >= 15 is 0 Å². The van der Waals surface area contributed by atoms with Gasteiger partial charge >= 0.3 is 7.05 Å². The van der Waals surface area contributed by atoms with Gasteiger partial charge < -0.3 is 15.2 Å². The van der Waals surface area contributed by atoms with E-state index in [2.05, 4.69) is 22.3 Å². The summed E-state index contributed by atoms with van der Waals surface area (Å²) in [4.78, 5) is 2.13. The maximum atomic E-state index is 9.71. The summed E-state index contributed by atoms with van der Waals surface area (Å²) in [7, 11) is -0.377. The normalized spacial score (nSPS) is 22.7. The number of piperazine rings is 1. The number of nitrogens with one attached hydrogen (secondary N) is 1. The molecule has 1 atom stereocenters. The molecule has 0 aliphatic carbocycles. The molecule has 80 valence electrons. The molecule has 0 amide bonds. The van der Waals surface area contributed by atoms with Gasteiger partial charge in [-0.3, -0.25) is 0 Å². The molecule has 15 heavy (non-hydrogen) atoms. The van der Waals surface area contributed by atoms with Crippen molar-refractivity contribution in [2.24, 2.45) is 0 Å². The first-order valence-electron chi connectivity index (χ1n) is 5.48. The summed E-state index contributed by atoms with van der Waals surface area (Å²) in [5, 5.41) is 13.1. The molecule has 0 aromatic heterocycles. The van der Waals surface area contributed by atoms with Crippen LogP contribution in [0.5, 0.6) is 0 Å². The fourth-order valence-electron chi connectivity index (χ4n) is 2.15. The minimum absolute atomic E-state index is 0.292. The Morgan fingerprint density at radius 2 is 2.13 bits per heavy atom. The lowest BCUT2D eigenvalue weighted by Gasteiger charge is -2.37. The van der Waals surface area contributed by atoms with Crippen LogP contribution in [0.25, 0.3) is 0 Å². The van der Waals surface area contributed by atoms with Crippen LogP contribution in [0.4, 0.5) is 0 Å². The molecule has 3 nitrogen and oxygen atoms in total. The molecule has 1 aliphatic rings. The third-order valence-electron chi connectivity index (χ3n) is 2.95. The largest absolute Gasteiger partial charge is 0.437 e. The smallest absolute Gasteiger partial charge is 0.377 e. The van der Waals surface area contributed by atoms with Crippen LogP contribution < -0.4 is 5.32 Å². The SMILES string of the molecule is CB(O)N1CCNC[C@H]1c1ccccc1. The number of hydrogen-bond acceptors (Lipinski definition) is 3. The lowest BCUT2D eigenvalue weighted by atomic mass is 9.80. The van der Waals surface area contributed by atoms with E-state index in [-0.39, 0.29) is 7.05 Å². The van der Waals surface area contributed by atoms with Crippen LogP contribution in [-0.4, -0.2) is 36.5 Å². The number of benzene rings is 1. The Bertz CT molecular complexity index is 305. The Balaban J connectivity index is 2.18. The first-order valence-corrected chi connectivity index (χ1v) is 5.48. The van der Waals surface area contributed by atoms with Crippen LogP contribution >= 0.6 is 0 Å². The molecule has 0 saturated carbocycles. The fraction of sp³-hybridized carbons (Fsp3) is 0.455. The fourth-order valence-corrected chi connectivity index (χ4v) is 2.15. The molecule has 1 aromatic rings. The van der Waals surface area contributed by atoms with E-state index < -0.39 is 0 Å². The summed E-state index contributed by atoms with van der Waals surface area (Å²) >= 11 is 0. The van der Waals surface area contributed by atoms with Gasteiger partial charge in [0.1, 0.15) is 0 Å². The molecule has 0 radical (unpaired) electrons. The molecule has 0 bridgehead atoms. The predicted molar refractivity (Wildman–Crippen MR) is 62.6 cm³/mol. The van der Waals surface area contributed by atoms with Gasteiger partial charge in [-0.25, -0.2) is 0 Å². The van der Waals surface area contributed by atoms with Crippen LogP contribution in [0.3, 0.4) is 0 Å². The zero-order chi connectivity index (χ0) is 10.7. The summed E-state index contributed by atoms with van der Waals surface area (Å²) in [6.45, 7) is 4.60. The van der Waals surface area contributed by atoms with Crippen LogP contribution in [-0.2, 0) is 0 Å². The molecule has 1 saturated heterocycles. The Hall–Kier alpha value is -0.835. The molecule has 4 heteroatoms. The second kappa shape index (κ2) is 4.79. The molecule has 1 heterocycles. The Kier molecular flexibility index (Phi) is 3.41. The maximum absolute atomic E-state index is 9.71. The monoisotopic (exact) mass is 204 g/mol. The molecule has 0 spiro atoms. The summed E-state index contributed by atoms with van der Waals surface area (Å²) < 4.78 is 0. The van der Waals surface area contributed by atoms with Gasteiger partial charge in [-0.2, -0.15) is 0 Å². The quantitative estimate of drug-likeness (QED) is 0.697. The molecular formula is C11H17BN2O. The van der Waals surface area contributed by atoms with Crippen LogP contribution in [0, 0.1) is 0 Å². The summed E-state index contributed by atoms with van der Waals surface area (Å²) in [6.07, 6.45) is 0. The molecule has 1 aromatic carbocycles. The number of hydrogen-bond donors (Lipinski definition) is 2. The highest BCUT2D eigenvalue weighted by atomic mass is 16.2. The second-order valence-electron chi connectivity index (χ2n) is 4.00. The molecule has 2 N–H and O–H groups in total. The highest BCUT2D eigenvalue weighted by molar-refractivity contribution is 6.45. The molecule has 0 unspecified atom stereocenters. The first-order chi connectivity index (χ1) is 7.29. The van der Waals surface area contributed by atoms with Crippen molar-refractivity contribution in [1.29, 1.82) is 0 Å². The average molecular weight is 204 g/mol. The van der Waals surface area contributed by atoms with Gasteiger partial charge in [0.25, 0.3) is 0 Å². The van der Waals surface area contributed by atoms with Crippen molar-refractivity contribution >= 4 is 7.05 Å². The van der Waals surface area contributed by atoms with E-state index in [0.717, 1.165) is 19.6 Å². The van der Waals surface area contributed by atoms with E-state index in [1.807, 2.05) is 25.0 Å². The van der Waals surface area contributed by atoms with E-state index in [0.29, 0.717) is 6.04 Å². The maximum Gasteiger partial charge on any atom is 0.377 e. The molecule has 1 aliphatic heterocycles. The van der Waals surface area contributed by atoms with Crippen molar-refractivity contribution in [3.05, 3.63) is 35.9 Å². The first kappa shape index (κ1) is 10.7. The van der Waals surface area contributed by atoms with Gasteiger partial charge in [-0.05, 0) is 12.4 Å². The van der Waals surface area contributed by atoms with Crippen molar-refractivity contribution in [2.45, 2.75) is 12.9 Å². The summed E-state index contributed by atoms with van der Waals surface area (Å²) in [5.74, 6) is 0. The second-order valence-corrected chi connectivity index (χ2v) is 4.00.